The van der Waals surface area contributed by atoms with Gasteiger partial charge in [-0.05, 0) is 89.5 Å². The molecule has 0 aliphatic carbocycles. The highest BCUT2D eigenvalue weighted by atomic mass is 16.5. The number of aliphatic hydroxyl groups is 1. The molecule has 9 heteroatoms. The lowest BCUT2D eigenvalue weighted by Gasteiger charge is -2.15. The van der Waals surface area contributed by atoms with Crippen molar-refractivity contribution in [2.24, 2.45) is 0 Å². The van der Waals surface area contributed by atoms with Gasteiger partial charge < -0.3 is 25.6 Å². The predicted octanol–water partition coefficient (Wildman–Crippen LogP) is 10.9. The van der Waals surface area contributed by atoms with Gasteiger partial charge in [0.15, 0.2) is 0 Å². The SMILES string of the molecule is CCCCC/C=C\C/C=C\C/C=C\C(CCCCCCCC(=O)NCC(=O)NC(CO)C(=O)O)OC(=O)CCCCCCCCC/C=C\C/C=C\CCCCC. The summed E-state index contributed by atoms with van der Waals surface area (Å²) in [5.74, 6) is -2.40. The van der Waals surface area contributed by atoms with Gasteiger partial charge in [-0.15, -0.1) is 0 Å². The van der Waals surface area contributed by atoms with E-state index in [4.69, 9.17) is 14.9 Å². The molecule has 0 rings (SSSR count). The summed E-state index contributed by atoms with van der Waals surface area (Å²) >= 11 is 0. The minimum Gasteiger partial charge on any atom is -0.480 e. The third-order valence-corrected chi connectivity index (χ3v) is 9.47. The fraction of sp³-hybridized carbons (Fsp3) is 0.702. The number of esters is 1. The van der Waals surface area contributed by atoms with Crippen molar-refractivity contribution in [1.29, 1.82) is 0 Å². The van der Waals surface area contributed by atoms with Crippen LogP contribution in [0.25, 0.3) is 0 Å². The number of carbonyl (C=O) groups is 4. The number of hydrogen-bond acceptors (Lipinski definition) is 6. The van der Waals surface area contributed by atoms with Crippen molar-refractivity contribution in [3.63, 3.8) is 0 Å². The van der Waals surface area contributed by atoms with Crippen LogP contribution in [-0.4, -0.2) is 59.3 Å². The Kier molecular flexibility index (Phi) is 38.6. The van der Waals surface area contributed by atoms with Gasteiger partial charge in [-0.25, -0.2) is 4.79 Å². The summed E-state index contributed by atoms with van der Waals surface area (Å²) in [6.07, 6.45) is 49.7. The monoisotopic (exact) mass is 785 g/mol. The Hall–Kier alpha value is -3.46. The predicted molar refractivity (Wildman–Crippen MR) is 231 cm³/mol. The summed E-state index contributed by atoms with van der Waals surface area (Å²) in [7, 11) is 0. The molecule has 0 saturated carbocycles. The highest BCUT2D eigenvalue weighted by Gasteiger charge is 2.18. The Labute approximate surface area is 341 Å². The molecule has 0 fully saturated rings. The van der Waals surface area contributed by atoms with Gasteiger partial charge in [0, 0.05) is 12.8 Å². The van der Waals surface area contributed by atoms with Gasteiger partial charge in [0.2, 0.25) is 11.8 Å². The number of carboxylic acid groups (broad SMARTS) is 1. The van der Waals surface area contributed by atoms with E-state index in [1.807, 2.05) is 6.08 Å². The molecule has 0 aromatic heterocycles. The molecule has 2 atom stereocenters. The number of allylic oxidation sites excluding steroid dienone is 9. The number of ether oxygens (including phenoxy) is 1. The topological polar surface area (TPSA) is 142 Å². The number of rotatable bonds is 39. The van der Waals surface area contributed by atoms with Gasteiger partial charge in [-0.2, -0.15) is 0 Å². The molecule has 0 radical (unpaired) electrons. The summed E-state index contributed by atoms with van der Waals surface area (Å²) in [6, 6.07) is -1.39. The molecule has 2 amide bonds. The van der Waals surface area contributed by atoms with Crippen LogP contribution in [0.4, 0.5) is 0 Å². The Morgan fingerprint density at radius 2 is 1.02 bits per heavy atom. The van der Waals surface area contributed by atoms with Crippen molar-refractivity contribution in [2.75, 3.05) is 13.2 Å². The van der Waals surface area contributed by atoms with E-state index in [-0.39, 0.29) is 30.9 Å². The smallest absolute Gasteiger partial charge is 0.328 e. The molecule has 0 spiro atoms. The molecular weight excluding hydrogens is 705 g/mol. The second-order valence-electron chi connectivity index (χ2n) is 14.8. The van der Waals surface area contributed by atoms with E-state index in [1.165, 1.54) is 70.6 Å². The summed E-state index contributed by atoms with van der Waals surface area (Å²) < 4.78 is 5.92. The largest absolute Gasteiger partial charge is 0.480 e. The zero-order valence-electron chi connectivity index (χ0n) is 35.4. The lowest BCUT2D eigenvalue weighted by Crippen LogP contribution is -2.47. The lowest BCUT2D eigenvalue weighted by molar-refractivity contribution is -0.147. The first kappa shape index (κ1) is 52.5. The first-order valence-electron chi connectivity index (χ1n) is 22.2. The van der Waals surface area contributed by atoms with Crippen LogP contribution in [0.3, 0.4) is 0 Å². The molecule has 0 aliphatic rings. The Bertz CT molecular complexity index is 1130. The van der Waals surface area contributed by atoms with Crippen molar-refractivity contribution in [3.05, 3.63) is 60.8 Å². The van der Waals surface area contributed by atoms with E-state index in [0.29, 0.717) is 12.8 Å². The van der Waals surface area contributed by atoms with Crippen molar-refractivity contribution >= 4 is 23.8 Å². The molecule has 0 aromatic rings. The van der Waals surface area contributed by atoms with Crippen molar-refractivity contribution in [1.82, 2.24) is 10.6 Å². The summed E-state index contributed by atoms with van der Waals surface area (Å²) in [4.78, 5) is 47.5. The van der Waals surface area contributed by atoms with E-state index in [9.17, 15) is 19.2 Å². The Balaban J connectivity index is 4.40. The molecule has 0 aliphatic heterocycles. The summed E-state index contributed by atoms with van der Waals surface area (Å²) in [6.45, 7) is 3.40. The van der Waals surface area contributed by atoms with Gasteiger partial charge in [-0.3, -0.25) is 14.4 Å². The van der Waals surface area contributed by atoms with E-state index < -0.39 is 24.5 Å². The lowest BCUT2D eigenvalue weighted by atomic mass is 10.1. The van der Waals surface area contributed by atoms with Gasteiger partial charge in [-0.1, -0.05) is 146 Å². The van der Waals surface area contributed by atoms with Crippen molar-refractivity contribution < 1.29 is 34.1 Å². The van der Waals surface area contributed by atoms with Gasteiger partial charge in [0.05, 0.1) is 13.2 Å². The zero-order chi connectivity index (χ0) is 41.2. The van der Waals surface area contributed by atoms with Crippen LogP contribution in [0.1, 0.15) is 187 Å². The molecule has 56 heavy (non-hydrogen) atoms. The highest BCUT2D eigenvalue weighted by molar-refractivity contribution is 5.87. The average Bonchev–Trinajstić information content (AvgIpc) is 3.18. The van der Waals surface area contributed by atoms with Gasteiger partial charge in [0.1, 0.15) is 12.1 Å². The number of aliphatic carboxylic acids is 1. The van der Waals surface area contributed by atoms with E-state index >= 15 is 0 Å². The fourth-order valence-electron chi connectivity index (χ4n) is 6.02. The molecule has 4 N–H and O–H groups in total. The molecule has 9 nitrogen and oxygen atoms in total. The van der Waals surface area contributed by atoms with Crippen molar-refractivity contribution in [2.45, 2.75) is 199 Å². The standard InChI is InChI=1S/C47H80N2O7/c1-3-5-7-9-11-13-15-16-17-18-19-20-22-24-26-31-35-39-46(53)56-42(36-32-28-25-23-21-14-12-10-8-6-4-2)37-33-29-27-30-34-38-44(51)48-40-45(52)49-43(41-50)47(54)55/h11-14,16-17,23,25,32,36,42-43,50H,3-10,15,18-22,24,26-31,33-35,37-41H2,1-2H3,(H,48,51)(H,49,52)(H,54,55)/b13-11-,14-12-,17-16-,25-23-,36-32-. The van der Waals surface area contributed by atoms with Crippen LogP contribution in [0, 0.1) is 0 Å². The maximum Gasteiger partial charge on any atom is 0.328 e. The number of carboxylic acids is 1. The molecule has 0 aromatic carbocycles. The Morgan fingerprint density at radius 1 is 0.554 bits per heavy atom. The van der Waals surface area contributed by atoms with Crippen LogP contribution in [0.15, 0.2) is 60.8 Å². The maximum absolute atomic E-state index is 12.8. The Morgan fingerprint density at radius 3 is 1.55 bits per heavy atom. The van der Waals surface area contributed by atoms with Crippen LogP contribution in [-0.2, 0) is 23.9 Å². The molecule has 320 valence electrons. The first-order valence-corrected chi connectivity index (χ1v) is 22.2. The minimum absolute atomic E-state index is 0.125. The van der Waals surface area contributed by atoms with Crippen LogP contribution >= 0.6 is 0 Å². The average molecular weight is 785 g/mol. The maximum atomic E-state index is 12.8. The second kappa shape index (κ2) is 41.2. The van der Waals surface area contributed by atoms with E-state index in [2.05, 4.69) is 79.2 Å². The number of carbonyl (C=O) groups excluding carboxylic acids is 3. The normalized spacial score (nSPS) is 13.1. The first-order chi connectivity index (χ1) is 27.3. The number of amides is 2. The van der Waals surface area contributed by atoms with Crippen LogP contribution in [0.2, 0.25) is 0 Å². The van der Waals surface area contributed by atoms with Crippen molar-refractivity contribution in [3.8, 4) is 0 Å². The van der Waals surface area contributed by atoms with Crippen LogP contribution < -0.4 is 10.6 Å². The number of unbranched alkanes of at least 4 members (excludes halogenated alkanes) is 17. The zero-order valence-corrected chi connectivity index (χ0v) is 35.4. The fourth-order valence-corrected chi connectivity index (χ4v) is 6.02. The third-order valence-electron chi connectivity index (χ3n) is 9.47. The van der Waals surface area contributed by atoms with E-state index in [0.717, 1.165) is 83.5 Å². The van der Waals surface area contributed by atoms with Gasteiger partial charge in [0.25, 0.3) is 0 Å². The molecular formula is C47H80N2O7. The minimum atomic E-state index is -1.39. The van der Waals surface area contributed by atoms with Gasteiger partial charge >= 0.3 is 11.9 Å². The van der Waals surface area contributed by atoms with E-state index in [1.54, 1.807) is 0 Å². The summed E-state index contributed by atoms with van der Waals surface area (Å²) in [5, 5.41) is 22.5. The second-order valence-corrected chi connectivity index (χ2v) is 14.8. The van der Waals surface area contributed by atoms with Crippen LogP contribution in [0.5, 0.6) is 0 Å². The molecule has 2 unspecified atom stereocenters. The number of hydrogen-bond donors (Lipinski definition) is 4. The molecule has 0 saturated heterocycles. The molecule has 0 bridgehead atoms. The highest BCUT2D eigenvalue weighted by Crippen LogP contribution is 2.15. The summed E-state index contributed by atoms with van der Waals surface area (Å²) in [5.41, 5.74) is 0. The quantitative estimate of drug-likeness (QED) is 0.0276. The molecule has 0 heterocycles. The number of aliphatic hydroxyl groups excluding tert-OH is 1. The third kappa shape index (κ3) is 37.5. The number of nitrogens with one attached hydrogen (secondary N) is 2.